The molecule has 0 aliphatic heterocycles. The van der Waals surface area contributed by atoms with Gasteiger partial charge in [-0.3, -0.25) is 19.7 Å². The monoisotopic (exact) mass is 587 g/mol. The Balaban J connectivity index is 1.51. The number of methoxy groups -OCH3 is 1. The quantitative estimate of drug-likeness (QED) is 0.214. The van der Waals surface area contributed by atoms with E-state index >= 15 is 0 Å². The lowest BCUT2D eigenvalue weighted by Crippen LogP contribution is -2.54. The first-order valence-electron chi connectivity index (χ1n) is 14.5. The number of rotatable bonds is 9. The molecule has 4 atom stereocenters. The van der Waals surface area contributed by atoms with Crippen molar-refractivity contribution in [3.8, 4) is 11.5 Å². The molecular weight excluding hydrogens is 554 g/mol. The van der Waals surface area contributed by atoms with Gasteiger partial charge >= 0.3 is 0 Å². The number of ether oxygens (including phenoxy) is 2. The molecule has 2 N–H and O–H groups in total. The largest absolute Gasteiger partial charge is 0.493 e. The normalized spacial score (nSPS) is 23.1. The zero-order valence-electron chi connectivity index (χ0n) is 24.3. The number of hydrogen-bond donors (Lipinski definition) is 2. The minimum Gasteiger partial charge on any atom is -0.493 e. The van der Waals surface area contributed by atoms with Crippen LogP contribution in [0, 0.1) is 5.92 Å². The van der Waals surface area contributed by atoms with E-state index in [-0.39, 0.29) is 30.0 Å². The number of hydrogen-bond acceptors (Lipinski definition) is 8. The predicted octanol–water partition coefficient (Wildman–Crippen LogP) is 5.61. The molecule has 5 aromatic rings. The summed E-state index contributed by atoms with van der Waals surface area (Å²) in [5.41, 5.74) is -0.907. The maximum atomic E-state index is 14.4. The van der Waals surface area contributed by atoms with Gasteiger partial charge in [-0.15, -0.1) is 0 Å². The Morgan fingerprint density at radius 3 is 2.09 bits per heavy atom. The average molecular weight is 588 g/mol. The number of benzene rings is 2. The van der Waals surface area contributed by atoms with Crippen LogP contribution in [0.1, 0.15) is 51.8 Å². The van der Waals surface area contributed by atoms with Gasteiger partial charge < -0.3 is 19.7 Å². The number of ketones is 1. The van der Waals surface area contributed by atoms with Crippen molar-refractivity contribution in [3.05, 3.63) is 150 Å². The lowest BCUT2D eigenvalue weighted by molar-refractivity contribution is -0.143. The van der Waals surface area contributed by atoms with Crippen LogP contribution in [0.25, 0.3) is 0 Å². The van der Waals surface area contributed by atoms with E-state index in [1.807, 2.05) is 42.5 Å². The summed E-state index contributed by atoms with van der Waals surface area (Å²) < 4.78 is 11.8. The Labute approximate surface area is 256 Å². The van der Waals surface area contributed by atoms with E-state index in [1.165, 1.54) is 0 Å². The van der Waals surface area contributed by atoms with Crippen LogP contribution in [0.15, 0.2) is 122 Å². The summed E-state index contributed by atoms with van der Waals surface area (Å²) in [5.74, 6) is -1.09. The van der Waals surface area contributed by atoms with Crippen molar-refractivity contribution in [2.45, 2.75) is 36.6 Å². The number of aromatic nitrogens is 3. The van der Waals surface area contributed by atoms with Gasteiger partial charge in [0.05, 0.1) is 24.4 Å². The minimum absolute atomic E-state index is 0.104. The lowest BCUT2D eigenvalue weighted by Gasteiger charge is -2.50. The number of nitrogens with zero attached hydrogens (tertiary/aromatic N) is 3. The second-order valence-corrected chi connectivity index (χ2v) is 11.1. The Morgan fingerprint density at radius 2 is 1.45 bits per heavy atom. The topological polar surface area (TPSA) is 115 Å². The zero-order valence-corrected chi connectivity index (χ0v) is 24.3. The fraction of sp³-hybridized carbons (Fsp3) is 0.222. The van der Waals surface area contributed by atoms with Gasteiger partial charge in [0.15, 0.2) is 17.3 Å². The van der Waals surface area contributed by atoms with Crippen molar-refractivity contribution in [2.75, 3.05) is 7.11 Å². The van der Waals surface area contributed by atoms with Crippen LogP contribution in [0.4, 0.5) is 0 Å². The third kappa shape index (κ3) is 5.69. The molecular formula is C36H33N3O5. The summed E-state index contributed by atoms with van der Waals surface area (Å²) in [6.45, 7) is 0.303. The summed E-state index contributed by atoms with van der Waals surface area (Å²) in [6.07, 6.45) is 4.64. The third-order valence-corrected chi connectivity index (χ3v) is 8.34. The molecule has 0 unspecified atom stereocenters. The summed E-state index contributed by atoms with van der Waals surface area (Å²) in [4.78, 5) is 27.7. The van der Waals surface area contributed by atoms with Crippen molar-refractivity contribution in [2.24, 2.45) is 5.92 Å². The average Bonchev–Trinajstić information content (AvgIpc) is 3.08. The number of carbonyl (C=O) groups excluding carboxylic acids is 1. The fourth-order valence-electron chi connectivity index (χ4n) is 6.29. The van der Waals surface area contributed by atoms with Crippen LogP contribution in [0.3, 0.4) is 0 Å². The van der Waals surface area contributed by atoms with Crippen LogP contribution < -0.4 is 9.47 Å². The smallest absolute Gasteiger partial charge is 0.188 e. The van der Waals surface area contributed by atoms with E-state index in [0.29, 0.717) is 29.4 Å². The summed E-state index contributed by atoms with van der Waals surface area (Å²) in [5, 5.41) is 25.1. The van der Waals surface area contributed by atoms with Gasteiger partial charge in [0.1, 0.15) is 23.5 Å². The van der Waals surface area contributed by atoms with E-state index in [9.17, 15) is 15.0 Å². The van der Waals surface area contributed by atoms with E-state index in [1.54, 1.807) is 86.4 Å². The van der Waals surface area contributed by atoms with E-state index in [4.69, 9.17) is 9.47 Å². The van der Waals surface area contributed by atoms with E-state index in [2.05, 4.69) is 15.0 Å². The first kappa shape index (κ1) is 29.2. The molecule has 0 saturated heterocycles. The standard InChI is InChI=1S/C36H33N3O5/c1-43-29-17-16-26(21-30(29)44-23-25-11-3-2-4-12-25)27-22-35(41,31-14-6-9-19-38-31)24-36(42,32-15-7-10-20-39-32)33(27)34(40)28-13-5-8-18-37-28/h2-21,27,33,41-42H,22-24H2,1H3/t27-,33+,35+,36-/m1/s1. The Hall–Kier alpha value is -4.92. The highest BCUT2D eigenvalue weighted by Crippen LogP contribution is 2.56. The number of carbonyl (C=O) groups is 1. The summed E-state index contributed by atoms with van der Waals surface area (Å²) in [7, 11) is 1.57. The molecule has 0 bridgehead atoms. The molecule has 1 aliphatic rings. The molecule has 44 heavy (non-hydrogen) atoms. The third-order valence-electron chi connectivity index (χ3n) is 8.34. The van der Waals surface area contributed by atoms with Crippen LogP contribution in [0.2, 0.25) is 0 Å². The van der Waals surface area contributed by atoms with Crippen molar-refractivity contribution in [1.29, 1.82) is 0 Å². The molecule has 8 nitrogen and oxygen atoms in total. The molecule has 1 aliphatic carbocycles. The molecule has 6 rings (SSSR count). The van der Waals surface area contributed by atoms with Crippen LogP contribution in [-0.4, -0.2) is 38.1 Å². The Morgan fingerprint density at radius 1 is 0.795 bits per heavy atom. The summed E-state index contributed by atoms with van der Waals surface area (Å²) >= 11 is 0. The Kier molecular flexibility index (Phi) is 8.19. The van der Waals surface area contributed by atoms with Crippen LogP contribution in [0.5, 0.6) is 11.5 Å². The first-order valence-corrected chi connectivity index (χ1v) is 14.5. The van der Waals surface area contributed by atoms with Gasteiger partial charge in [-0.2, -0.15) is 0 Å². The molecule has 0 amide bonds. The highest BCUT2D eigenvalue weighted by molar-refractivity contribution is 5.97. The van der Waals surface area contributed by atoms with E-state index in [0.717, 1.165) is 5.56 Å². The molecule has 0 spiro atoms. The van der Waals surface area contributed by atoms with Gasteiger partial charge in [-0.05, 0) is 66.1 Å². The summed E-state index contributed by atoms with van der Waals surface area (Å²) in [6, 6.07) is 30.8. The van der Waals surface area contributed by atoms with Crippen molar-refractivity contribution in [1.82, 2.24) is 15.0 Å². The van der Waals surface area contributed by atoms with Crippen LogP contribution in [-0.2, 0) is 17.8 Å². The predicted molar refractivity (Wildman–Crippen MR) is 164 cm³/mol. The molecule has 1 fully saturated rings. The maximum Gasteiger partial charge on any atom is 0.188 e. The molecule has 222 valence electrons. The maximum absolute atomic E-state index is 14.4. The second kappa shape index (κ2) is 12.4. The first-order chi connectivity index (χ1) is 21.4. The molecule has 2 aromatic carbocycles. The highest BCUT2D eigenvalue weighted by atomic mass is 16.5. The second-order valence-electron chi connectivity index (χ2n) is 11.1. The highest BCUT2D eigenvalue weighted by Gasteiger charge is 2.59. The van der Waals surface area contributed by atoms with Gasteiger partial charge in [0, 0.05) is 30.9 Å². The van der Waals surface area contributed by atoms with Crippen LogP contribution >= 0.6 is 0 Å². The number of Topliss-reactive ketones (excluding diaryl/α,β-unsaturated/α-hetero) is 1. The van der Waals surface area contributed by atoms with Gasteiger partial charge in [-0.25, -0.2) is 0 Å². The fourth-order valence-corrected chi connectivity index (χ4v) is 6.29. The van der Waals surface area contributed by atoms with Gasteiger partial charge in [0.25, 0.3) is 0 Å². The lowest BCUT2D eigenvalue weighted by atomic mass is 9.58. The molecule has 0 radical (unpaired) electrons. The SMILES string of the molecule is COc1ccc([C@H]2C[C@@](O)(c3ccccn3)C[C@@](O)(c3ccccn3)[C@@H]2C(=O)c2ccccn2)cc1OCc1ccccc1. The zero-order chi connectivity index (χ0) is 30.6. The molecule has 8 heteroatoms. The van der Waals surface area contributed by atoms with Crippen molar-refractivity contribution in [3.63, 3.8) is 0 Å². The van der Waals surface area contributed by atoms with Crippen molar-refractivity contribution >= 4 is 5.78 Å². The van der Waals surface area contributed by atoms with E-state index < -0.39 is 23.0 Å². The minimum atomic E-state index is -1.88. The number of aliphatic hydroxyl groups is 2. The molecule has 1 saturated carbocycles. The van der Waals surface area contributed by atoms with Gasteiger partial charge in [-0.1, -0.05) is 54.6 Å². The molecule has 3 aromatic heterocycles. The Bertz CT molecular complexity index is 1710. The number of pyridine rings is 3. The van der Waals surface area contributed by atoms with Gasteiger partial charge in [0.2, 0.25) is 0 Å². The van der Waals surface area contributed by atoms with Crippen molar-refractivity contribution < 1.29 is 24.5 Å². The molecule has 3 heterocycles.